The maximum absolute atomic E-state index is 6.25. The highest BCUT2D eigenvalue weighted by Gasteiger charge is 2.19. The topological polar surface area (TPSA) is 104 Å². The Labute approximate surface area is 183 Å². The van der Waals surface area contributed by atoms with E-state index < -0.39 is 0 Å². The number of aromatic nitrogens is 3. The molecule has 1 heterocycles. The van der Waals surface area contributed by atoms with Crippen LogP contribution in [0.1, 0.15) is 0 Å². The molecule has 0 aliphatic rings. The Morgan fingerprint density at radius 2 is 1.55 bits per heavy atom. The Bertz CT molecular complexity index is 819. The van der Waals surface area contributed by atoms with Crippen molar-refractivity contribution in [3.63, 3.8) is 0 Å². The normalized spacial score (nSPS) is 11.0. The molecule has 2 aromatic rings. The standard InChI is InChI=1S/C16H18B3Cl2N5O3/c1-27-4-5-29-7-6-28-3-2-23-16-24-15(22)14(25-26-16)8-9(17)10(18)11(19)13(21)12(8)20/h2-7H2,1H3,(H3,22,23,24,26). The van der Waals surface area contributed by atoms with Gasteiger partial charge in [-0.05, 0) is 0 Å². The fourth-order valence-electron chi connectivity index (χ4n) is 2.27. The molecule has 0 aliphatic carbocycles. The summed E-state index contributed by atoms with van der Waals surface area (Å²) in [6, 6.07) is 0. The monoisotopic (exact) mass is 431 g/mol. The van der Waals surface area contributed by atoms with Gasteiger partial charge in [0.2, 0.25) is 5.95 Å². The molecule has 6 radical (unpaired) electrons. The highest BCUT2D eigenvalue weighted by Crippen LogP contribution is 2.31. The number of anilines is 2. The zero-order valence-electron chi connectivity index (χ0n) is 15.9. The van der Waals surface area contributed by atoms with Crippen molar-refractivity contribution in [2.45, 2.75) is 0 Å². The van der Waals surface area contributed by atoms with Crippen molar-refractivity contribution in [3.8, 4) is 11.3 Å². The van der Waals surface area contributed by atoms with E-state index in [0.717, 1.165) is 0 Å². The number of nitrogen functional groups attached to an aromatic ring is 1. The van der Waals surface area contributed by atoms with Gasteiger partial charge in [-0.1, -0.05) is 34.1 Å². The number of hydrogen-bond acceptors (Lipinski definition) is 8. The summed E-state index contributed by atoms with van der Waals surface area (Å²) < 4.78 is 15.6. The van der Waals surface area contributed by atoms with E-state index >= 15 is 0 Å². The lowest BCUT2D eigenvalue weighted by Crippen LogP contribution is -2.41. The highest BCUT2D eigenvalue weighted by atomic mass is 35.5. The van der Waals surface area contributed by atoms with Crippen molar-refractivity contribution < 1.29 is 14.2 Å². The van der Waals surface area contributed by atoms with Gasteiger partial charge >= 0.3 is 0 Å². The molecular formula is C16H18B3Cl2N5O3. The lowest BCUT2D eigenvalue weighted by molar-refractivity contribution is 0.0272. The van der Waals surface area contributed by atoms with E-state index in [-0.39, 0.29) is 49.5 Å². The predicted octanol–water partition coefficient (Wildman–Crippen LogP) is -1.10. The summed E-state index contributed by atoms with van der Waals surface area (Å²) >= 11 is 12.3. The minimum absolute atomic E-state index is 0.0452. The lowest BCUT2D eigenvalue weighted by Gasteiger charge is -2.17. The molecule has 2 rings (SSSR count). The van der Waals surface area contributed by atoms with Crippen LogP contribution in [0.3, 0.4) is 0 Å². The molecule has 0 aliphatic heterocycles. The second-order valence-electron chi connectivity index (χ2n) is 5.76. The SMILES string of the molecule is [B]c1c([B])c(Cl)c(Cl)c(-c2nnc(NCCOCCOCCOC)nc2N)c1[B]. The number of hydrogen-bond donors (Lipinski definition) is 2. The fraction of sp³-hybridized carbons (Fsp3) is 0.438. The number of methoxy groups -OCH3 is 1. The Kier molecular flexibility index (Phi) is 9.52. The quantitative estimate of drug-likeness (QED) is 0.341. The maximum atomic E-state index is 6.25. The molecule has 13 heteroatoms. The van der Waals surface area contributed by atoms with Gasteiger partial charge in [0.15, 0.2) is 5.82 Å². The minimum Gasteiger partial charge on any atom is -0.382 e. The van der Waals surface area contributed by atoms with Crippen LogP contribution in [0.2, 0.25) is 10.0 Å². The number of nitrogens with one attached hydrogen (secondary N) is 1. The zero-order valence-corrected chi connectivity index (χ0v) is 17.4. The molecule has 0 atom stereocenters. The van der Waals surface area contributed by atoms with Crippen LogP contribution in [-0.4, -0.2) is 85.4 Å². The van der Waals surface area contributed by atoms with Gasteiger partial charge in [0.05, 0.1) is 43.1 Å². The number of nitrogens with zero attached hydrogens (tertiary/aromatic N) is 3. The van der Waals surface area contributed by atoms with Crippen LogP contribution in [0.15, 0.2) is 0 Å². The van der Waals surface area contributed by atoms with Crippen LogP contribution in [0.5, 0.6) is 0 Å². The second-order valence-corrected chi connectivity index (χ2v) is 6.51. The van der Waals surface area contributed by atoms with E-state index in [1.165, 1.54) is 0 Å². The Morgan fingerprint density at radius 3 is 2.21 bits per heavy atom. The van der Waals surface area contributed by atoms with E-state index in [0.29, 0.717) is 39.6 Å². The molecule has 8 nitrogen and oxygen atoms in total. The molecule has 3 N–H and O–H groups in total. The summed E-state index contributed by atoms with van der Waals surface area (Å²) in [4.78, 5) is 4.15. The number of ether oxygens (including phenoxy) is 3. The fourth-order valence-corrected chi connectivity index (χ4v) is 2.76. The predicted molar refractivity (Wildman–Crippen MR) is 118 cm³/mol. The first-order valence-corrected chi connectivity index (χ1v) is 9.34. The second kappa shape index (κ2) is 11.6. The molecule has 1 aromatic heterocycles. The van der Waals surface area contributed by atoms with E-state index in [9.17, 15) is 0 Å². The maximum Gasteiger partial charge on any atom is 0.244 e. The van der Waals surface area contributed by atoms with E-state index in [1.54, 1.807) is 7.11 Å². The highest BCUT2D eigenvalue weighted by molar-refractivity contribution is 6.64. The number of nitrogens with two attached hydrogens (primary N) is 1. The third kappa shape index (κ3) is 6.23. The zero-order chi connectivity index (χ0) is 21.4. The first-order valence-electron chi connectivity index (χ1n) is 8.58. The van der Waals surface area contributed by atoms with Crippen LogP contribution < -0.4 is 27.4 Å². The molecule has 29 heavy (non-hydrogen) atoms. The van der Waals surface area contributed by atoms with E-state index in [2.05, 4.69) is 20.5 Å². The van der Waals surface area contributed by atoms with Gasteiger partial charge in [-0.2, -0.15) is 4.98 Å². The van der Waals surface area contributed by atoms with Crippen molar-refractivity contribution in [1.82, 2.24) is 15.2 Å². The molecule has 0 saturated carbocycles. The Balaban J connectivity index is 1.95. The van der Waals surface area contributed by atoms with Gasteiger partial charge in [0, 0.05) is 19.2 Å². The van der Waals surface area contributed by atoms with Crippen molar-refractivity contribution in [2.75, 3.05) is 57.7 Å². The minimum atomic E-state index is 0.0452. The number of benzene rings is 1. The summed E-state index contributed by atoms with van der Waals surface area (Å²) in [7, 11) is 19.3. The van der Waals surface area contributed by atoms with Gasteiger partial charge in [-0.3, -0.25) is 0 Å². The van der Waals surface area contributed by atoms with Crippen molar-refractivity contribution in [2.24, 2.45) is 0 Å². The molecule has 148 valence electrons. The molecule has 0 unspecified atom stereocenters. The average molecular weight is 432 g/mol. The van der Waals surface area contributed by atoms with Gasteiger partial charge in [-0.15, -0.1) is 15.7 Å². The first-order chi connectivity index (χ1) is 13.9. The van der Waals surface area contributed by atoms with Crippen LogP contribution in [0.4, 0.5) is 11.8 Å². The van der Waals surface area contributed by atoms with E-state index in [1.807, 2.05) is 0 Å². The molecule has 0 amide bonds. The van der Waals surface area contributed by atoms with Crippen molar-refractivity contribution in [1.29, 1.82) is 0 Å². The third-order valence-corrected chi connectivity index (χ3v) is 4.65. The van der Waals surface area contributed by atoms with Crippen LogP contribution in [0, 0.1) is 0 Å². The van der Waals surface area contributed by atoms with Gasteiger partial charge in [0.25, 0.3) is 0 Å². The van der Waals surface area contributed by atoms with Crippen molar-refractivity contribution >= 4 is 74.9 Å². The van der Waals surface area contributed by atoms with Crippen LogP contribution in [-0.2, 0) is 14.2 Å². The smallest absolute Gasteiger partial charge is 0.244 e. The van der Waals surface area contributed by atoms with Crippen LogP contribution >= 0.6 is 23.2 Å². The third-order valence-electron chi connectivity index (χ3n) is 3.78. The molecule has 0 saturated heterocycles. The summed E-state index contributed by atoms with van der Waals surface area (Å²) in [6.45, 7) is 2.89. The molecule has 0 fully saturated rings. The summed E-state index contributed by atoms with van der Waals surface area (Å²) in [6.07, 6.45) is 0. The summed E-state index contributed by atoms with van der Waals surface area (Å²) in [5.74, 6) is 0.263. The van der Waals surface area contributed by atoms with Crippen LogP contribution in [0.25, 0.3) is 11.3 Å². The average Bonchev–Trinajstić information content (AvgIpc) is 2.71. The molecule has 0 bridgehead atoms. The lowest BCUT2D eigenvalue weighted by atomic mass is 9.70. The van der Waals surface area contributed by atoms with Gasteiger partial charge in [0.1, 0.15) is 29.2 Å². The van der Waals surface area contributed by atoms with Gasteiger partial charge < -0.3 is 25.3 Å². The summed E-state index contributed by atoms with van der Waals surface area (Å²) in [5, 5.41) is 11.1. The largest absolute Gasteiger partial charge is 0.382 e. The molecule has 1 aromatic carbocycles. The van der Waals surface area contributed by atoms with Gasteiger partial charge in [-0.25, -0.2) is 0 Å². The van der Waals surface area contributed by atoms with Crippen molar-refractivity contribution in [3.05, 3.63) is 10.0 Å². The summed E-state index contributed by atoms with van der Waals surface area (Å²) in [5.41, 5.74) is 6.64. The molecule has 0 spiro atoms. The Hall–Kier alpha value is -1.52. The first kappa shape index (κ1) is 23.8. The van der Waals surface area contributed by atoms with E-state index in [4.69, 9.17) is 66.7 Å². The Morgan fingerprint density at radius 1 is 0.897 bits per heavy atom. The molecular weight excluding hydrogens is 414 g/mol. The number of rotatable bonds is 11. The number of halogens is 2.